The number of esters is 1. The molecule has 0 spiro atoms. The van der Waals surface area contributed by atoms with Gasteiger partial charge in [-0.2, -0.15) is 5.10 Å². The first-order chi connectivity index (χ1) is 20.0. The van der Waals surface area contributed by atoms with Crippen LogP contribution in [0.3, 0.4) is 0 Å². The predicted molar refractivity (Wildman–Crippen MR) is 150 cm³/mol. The number of aromatic nitrogens is 5. The zero-order valence-corrected chi connectivity index (χ0v) is 23.3. The molecule has 0 unspecified atom stereocenters. The van der Waals surface area contributed by atoms with Crippen molar-refractivity contribution in [2.45, 2.75) is 50.9 Å². The fourth-order valence-corrected chi connectivity index (χ4v) is 5.82. The van der Waals surface area contributed by atoms with Crippen molar-refractivity contribution in [3.05, 3.63) is 83.2 Å². The molecule has 1 aliphatic carbocycles. The highest BCUT2D eigenvalue weighted by molar-refractivity contribution is 5.96. The molecule has 4 aromatic rings. The summed E-state index contributed by atoms with van der Waals surface area (Å²) in [5.41, 5.74) is 3.74. The first-order valence-electron chi connectivity index (χ1n) is 14.3. The van der Waals surface area contributed by atoms with E-state index < -0.39 is 11.8 Å². The Labute approximate surface area is 237 Å². The molecule has 41 heavy (non-hydrogen) atoms. The number of benzene rings is 2. The number of amides is 1. The summed E-state index contributed by atoms with van der Waals surface area (Å²) in [6.07, 6.45) is 8.28. The average molecular weight is 557 g/mol. The minimum absolute atomic E-state index is 0.00331. The monoisotopic (exact) mass is 556 g/mol. The minimum Gasteiger partial charge on any atom is -0.462 e. The summed E-state index contributed by atoms with van der Waals surface area (Å²) < 4.78 is 24.6. The van der Waals surface area contributed by atoms with Crippen molar-refractivity contribution in [2.75, 3.05) is 19.7 Å². The molecule has 2 aromatic heterocycles. The highest BCUT2D eigenvalue weighted by Gasteiger charge is 2.46. The number of hydrogen-bond donors (Lipinski definition) is 0. The Kier molecular flexibility index (Phi) is 7.38. The van der Waals surface area contributed by atoms with Crippen LogP contribution < -0.4 is 0 Å². The van der Waals surface area contributed by atoms with Crippen molar-refractivity contribution in [3.8, 4) is 16.8 Å². The standard InChI is InChI=1S/C31H33FN6O3/c1-3-41-31(40)26-18-33-38(29(26)25-17-24(25)27-19-36(2)35-34-27)21-11-8-10-20(16-21)22-12-9-13-23(28(22)32)30(39)37-14-6-4-5-7-15-37/h8-13,16,18-19,24-25H,3-7,14-15,17H2,1-2H3/t24-,25-/m1/s1. The summed E-state index contributed by atoms with van der Waals surface area (Å²) in [5, 5.41) is 12.9. The van der Waals surface area contributed by atoms with Crippen LogP contribution in [0.15, 0.2) is 54.9 Å². The molecule has 2 atom stereocenters. The Balaban J connectivity index is 1.35. The number of rotatable bonds is 7. The van der Waals surface area contributed by atoms with Gasteiger partial charge in [0.15, 0.2) is 0 Å². The molecule has 10 heteroatoms. The SMILES string of the molecule is CCOC(=O)c1cnn(-c2cccc(-c3cccc(C(=O)N4CCCCCC4)c3F)c2)c1[C@@H]1C[C@H]1c1cn(C)nn1. The second-order valence-electron chi connectivity index (χ2n) is 10.8. The van der Waals surface area contributed by atoms with Gasteiger partial charge < -0.3 is 9.64 Å². The van der Waals surface area contributed by atoms with E-state index in [2.05, 4.69) is 15.4 Å². The average Bonchev–Trinajstić information content (AvgIpc) is 3.56. The van der Waals surface area contributed by atoms with Crippen molar-refractivity contribution in [1.82, 2.24) is 29.7 Å². The quantitative estimate of drug-likeness (QED) is 0.288. The summed E-state index contributed by atoms with van der Waals surface area (Å²) in [6, 6.07) is 12.3. The summed E-state index contributed by atoms with van der Waals surface area (Å²) in [4.78, 5) is 27.9. The molecule has 0 radical (unpaired) electrons. The van der Waals surface area contributed by atoms with Crippen molar-refractivity contribution in [2.24, 2.45) is 7.05 Å². The fourth-order valence-electron chi connectivity index (χ4n) is 5.82. The maximum atomic E-state index is 15.9. The molecule has 1 saturated heterocycles. The molecule has 2 fully saturated rings. The maximum absolute atomic E-state index is 15.9. The lowest BCUT2D eigenvalue weighted by molar-refractivity contribution is 0.0524. The first kappa shape index (κ1) is 26.9. The second kappa shape index (κ2) is 11.3. The van der Waals surface area contributed by atoms with Crippen LogP contribution in [0.1, 0.15) is 83.0 Å². The van der Waals surface area contributed by atoms with Crippen molar-refractivity contribution < 1.29 is 18.7 Å². The van der Waals surface area contributed by atoms with Crippen LogP contribution in [0.2, 0.25) is 0 Å². The van der Waals surface area contributed by atoms with Crippen LogP contribution in [-0.2, 0) is 11.8 Å². The third kappa shape index (κ3) is 5.26. The van der Waals surface area contributed by atoms with Gasteiger partial charge in [0.05, 0.1) is 35.4 Å². The topological polar surface area (TPSA) is 95.1 Å². The Bertz CT molecular complexity index is 1590. The first-order valence-corrected chi connectivity index (χ1v) is 14.3. The molecule has 1 saturated carbocycles. The summed E-state index contributed by atoms with van der Waals surface area (Å²) in [6.45, 7) is 3.33. The number of carbonyl (C=O) groups is 2. The number of halogens is 1. The van der Waals surface area contributed by atoms with Gasteiger partial charge in [-0.05, 0) is 49.9 Å². The van der Waals surface area contributed by atoms with Gasteiger partial charge in [0.1, 0.15) is 11.4 Å². The zero-order chi connectivity index (χ0) is 28.5. The maximum Gasteiger partial charge on any atom is 0.341 e. The van der Waals surface area contributed by atoms with Crippen LogP contribution >= 0.6 is 0 Å². The van der Waals surface area contributed by atoms with E-state index in [4.69, 9.17) is 4.74 Å². The molecule has 3 heterocycles. The summed E-state index contributed by atoms with van der Waals surface area (Å²) in [7, 11) is 1.82. The van der Waals surface area contributed by atoms with E-state index in [0.717, 1.165) is 43.5 Å². The lowest BCUT2D eigenvalue weighted by Crippen LogP contribution is -2.32. The number of likely N-dealkylation sites (tertiary alicyclic amines) is 1. The molecule has 2 aromatic carbocycles. The van der Waals surface area contributed by atoms with Gasteiger partial charge in [-0.25, -0.2) is 13.9 Å². The molecule has 0 N–H and O–H groups in total. The Morgan fingerprint density at radius 3 is 2.54 bits per heavy atom. The molecule has 2 aliphatic rings. The van der Waals surface area contributed by atoms with E-state index in [9.17, 15) is 9.59 Å². The Morgan fingerprint density at radius 1 is 1.02 bits per heavy atom. The number of carbonyl (C=O) groups excluding carboxylic acids is 2. The van der Waals surface area contributed by atoms with Crippen LogP contribution in [0.25, 0.3) is 16.8 Å². The third-order valence-electron chi connectivity index (χ3n) is 7.97. The molecule has 1 aliphatic heterocycles. The van der Waals surface area contributed by atoms with Gasteiger partial charge in [-0.3, -0.25) is 9.48 Å². The van der Waals surface area contributed by atoms with Gasteiger partial charge in [0.2, 0.25) is 0 Å². The third-order valence-corrected chi connectivity index (χ3v) is 7.97. The second-order valence-corrected chi connectivity index (χ2v) is 10.8. The molecule has 6 rings (SSSR count). The lowest BCUT2D eigenvalue weighted by Gasteiger charge is -2.21. The number of nitrogens with zero attached hydrogens (tertiary/aromatic N) is 6. The van der Waals surface area contributed by atoms with Crippen LogP contribution in [0.5, 0.6) is 0 Å². The number of hydrogen-bond acceptors (Lipinski definition) is 6. The van der Waals surface area contributed by atoms with E-state index in [1.54, 1.807) is 39.4 Å². The molecule has 1 amide bonds. The van der Waals surface area contributed by atoms with Gasteiger partial charge in [-0.1, -0.05) is 42.3 Å². The van der Waals surface area contributed by atoms with Crippen LogP contribution in [0, 0.1) is 5.82 Å². The van der Waals surface area contributed by atoms with Crippen molar-refractivity contribution >= 4 is 11.9 Å². The van der Waals surface area contributed by atoms with Gasteiger partial charge in [0.25, 0.3) is 5.91 Å². The van der Waals surface area contributed by atoms with Crippen LogP contribution in [-0.4, -0.2) is 61.2 Å². The predicted octanol–water partition coefficient (Wildman–Crippen LogP) is 5.27. The highest BCUT2D eigenvalue weighted by Crippen LogP contribution is 2.55. The van der Waals surface area contributed by atoms with Gasteiger partial charge in [0, 0.05) is 43.7 Å². The highest BCUT2D eigenvalue weighted by atomic mass is 19.1. The number of aryl methyl sites for hydroxylation is 1. The molecule has 212 valence electrons. The molecule has 0 bridgehead atoms. The summed E-state index contributed by atoms with van der Waals surface area (Å²) in [5.74, 6) is -1.12. The normalized spacial score (nSPS) is 18.7. The van der Waals surface area contributed by atoms with E-state index >= 15 is 4.39 Å². The summed E-state index contributed by atoms with van der Waals surface area (Å²) >= 11 is 0. The number of ether oxygens (including phenoxy) is 1. The zero-order valence-electron chi connectivity index (χ0n) is 23.3. The van der Waals surface area contributed by atoms with Gasteiger partial charge >= 0.3 is 5.97 Å². The van der Waals surface area contributed by atoms with E-state index in [1.807, 2.05) is 37.5 Å². The van der Waals surface area contributed by atoms with Crippen molar-refractivity contribution in [1.29, 1.82) is 0 Å². The lowest BCUT2D eigenvalue weighted by atomic mass is 10.0. The Hall–Kier alpha value is -4.34. The smallest absolute Gasteiger partial charge is 0.341 e. The van der Waals surface area contributed by atoms with Gasteiger partial charge in [-0.15, -0.1) is 5.10 Å². The molecule has 9 nitrogen and oxygen atoms in total. The van der Waals surface area contributed by atoms with Crippen LogP contribution in [0.4, 0.5) is 4.39 Å². The molecular formula is C31H33FN6O3. The fraction of sp³-hybridized carbons (Fsp3) is 0.387. The van der Waals surface area contributed by atoms with E-state index in [1.165, 1.54) is 6.20 Å². The largest absolute Gasteiger partial charge is 0.462 e. The minimum atomic E-state index is -0.531. The van der Waals surface area contributed by atoms with E-state index in [0.29, 0.717) is 35.5 Å². The van der Waals surface area contributed by atoms with Crippen molar-refractivity contribution in [3.63, 3.8) is 0 Å². The Morgan fingerprint density at radius 2 is 1.80 bits per heavy atom. The molecular weight excluding hydrogens is 523 g/mol. The van der Waals surface area contributed by atoms with E-state index in [-0.39, 0.29) is 29.9 Å².